The van der Waals surface area contributed by atoms with Crippen LogP contribution in [-0.2, 0) is 4.84 Å². The maximum Gasteiger partial charge on any atom is 0.360 e. The Morgan fingerprint density at radius 1 is 1.31 bits per heavy atom. The van der Waals surface area contributed by atoms with Crippen molar-refractivity contribution in [3.8, 4) is 5.75 Å². The van der Waals surface area contributed by atoms with Gasteiger partial charge in [-0.25, -0.2) is 4.79 Å². The van der Waals surface area contributed by atoms with Crippen LogP contribution in [0.15, 0.2) is 18.2 Å². The average molecular weight is 183 g/mol. The van der Waals surface area contributed by atoms with Crippen LogP contribution in [0.5, 0.6) is 5.75 Å². The van der Waals surface area contributed by atoms with E-state index in [0.717, 1.165) is 0 Å². The molecule has 0 saturated carbocycles. The molecular weight excluding hydrogens is 174 g/mol. The number of nitrogen functional groups attached to an aromatic ring is 1. The van der Waals surface area contributed by atoms with Crippen LogP contribution in [-0.4, -0.2) is 5.97 Å². The molecule has 0 aliphatic rings. The van der Waals surface area contributed by atoms with Crippen molar-refractivity contribution in [1.82, 2.24) is 0 Å². The summed E-state index contributed by atoms with van der Waals surface area (Å²) in [5, 5.41) is 0. The zero-order chi connectivity index (χ0) is 9.84. The van der Waals surface area contributed by atoms with Gasteiger partial charge in [-0.3, -0.25) is 0 Å². The molecule has 13 heavy (non-hydrogen) atoms. The first-order valence-corrected chi connectivity index (χ1v) is 3.36. The van der Waals surface area contributed by atoms with Gasteiger partial charge in [0.25, 0.3) is 0 Å². The average Bonchev–Trinajstić information content (AvgIpc) is 2.16. The van der Waals surface area contributed by atoms with Crippen LogP contribution < -0.4 is 22.4 Å². The quantitative estimate of drug-likeness (QED) is 0.422. The van der Waals surface area contributed by atoms with E-state index in [1.54, 1.807) is 0 Å². The van der Waals surface area contributed by atoms with Gasteiger partial charge in [0.05, 0.1) is 0 Å². The molecule has 0 heterocycles. The molecule has 0 aliphatic heterocycles. The molecule has 1 rings (SSSR count). The smallest absolute Gasteiger partial charge is 0.360 e. The Hall–Kier alpha value is -1.79. The van der Waals surface area contributed by atoms with Crippen LogP contribution in [0.3, 0.4) is 0 Å². The van der Waals surface area contributed by atoms with E-state index in [4.69, 9.17) is 17.5 Å². The van der Waals surface area contributed by atoms with E-state index in [2.05, 4.69) is 9.68 Å². The lowest BCUT2D eigenvalue weighted by Gasteiger charge is -2.05. The number of rotatable bonds is 2. The predicted octanol–water partition coefficient (Wildman–Crippen LogP) is -0.448. The zero-order valence-electron chi connectivity index (χ0n) is 6.69. The third-order valence-electron chi connectivity index (χ3n) is 1.46. The summed E-state index contributed by atoms with van der Waals surface area (Å²) in [6, 6.07) is 4.34. The van der Waals surface area contributed by atoms with Gasteiger partial charge in [-0.1, -0.05) is 0 Å². The number of nitrogens with two attached hydrogens (primary N) is 3. The highest BCUT2D eigenvalue weighted by atomic mass is 16.7. The summed E-state index contributed by atoms with van der Waals surface area (Å²) in [5.41, 5.74) is 5.91. The van der Waals surface area contributed by atoms with Gasteiger partial charge < -0.3 is 15.4 Å². The highest BCUT2D eigenvalue weighted by molar-refractivity contribution is 5.93. The fourth-order valence-electron chi connectivity index (χ4n) is 0.873. The fourth-order valence-corrected chi connectivity index (χ4v) is 0.873. The molecule has 0 aromatic heterocycles. The van der Waals surface area contributed by atoms with Crippen molar-refractivity contribution in [2.45, 2.75) is 0 Å². The van der Waals surface area contributed by atoms with Crippen molar-refractivity contribution < 1.29 is 14.5 Å². The molecule has 1 aromatic rings. The van der Waals surface area contributed by atoms with E-state index in [-0.39, 0.29) is 11.3 Å². The maximum absolute atomic E-state index is 11.0. The molecule has 0 fully saturated rings. The Morgan fingerprint density at radius 3 is 2.54 bits per heavy atom. The molecule has 0 aliphatic carbocycles. The molecule has 0 radical (unpaired) electrons. The van der Waals surface area contributed by atoms with Crippen molar-refractivity contribution >= 4 is 11.7 Å². The Labute approximate surface area is 74.1 Å². The predicted molar refractivity (Wildman–Crippen MR) is 45.3 cm³/mol. The summed E-state index contributed by atoms with van der Waals surface area (Å²) in [6.45, 7) is 0. The van der Waals surface area contributed by atoms with E-state index in [0.29, 0.717) is 5.69 Å². The van der Waals surface area contributed by atoms with Gasteiger partial charge in [0.15, 0.2) is 5.75 Å². The largest absolute Gasteiger partial charge is 0.411 e. The standard InChI is InChI=1S/C7H9N3O3/c8-4-1-2-6(12-9)5(3-4)7(11)13-10/h1-3H,8-10H2. The Bertz CT molecular complexity index is 327. The second kappa shape index (κ2) is 3.74. The number of hydrogen-bond acceptors (Lipinski definition) is 6. The third-order valence-corrected chi connectivity index (χ3v) is 1.46. The lowest BCUT2D eigenvalue weighted by atomic mass is 10.2. The first kappa shape index (κ1) is 9.30. The SMILES string of the molecule is NOC(=O)c1cc(N)ccc1ON. The molecule has 6 nitrogen and oxygen atoms in total. The molecule has 0 amide bonds. The van der Waals surface area contributed by atoms with E-state index in [9.17, 15) is 4.79 Å². The molecule has 6 N–H and O–H groups in total. The Kier molecular flexibility index (Phi) is 2.68. The third kappa shape index (κ3) is 1.86. The second-order valence-electron chi connectivity index (χ2n) is 2.28. The van der Waals surface area contributed by atoms with Gasteiger partial charge in [0, 0.05) is 5.69 Å². The molecule has 0 bridgehead atoms. The van der Waals surface area contributed by atoms with Crippen molar-refractivity contribution in [2.75, 3.05) is 5.73 Å². The number of benzene rings is 1. The van der Waals surface area contributed by atoms with Crippen molar-refractivity contribution in [3.63, 3.8) is 0 Å². The maximum atomic E-state index is 11.0. The summed E-state index contributed by atoms with van der Waals surface area (Å²) in [4.78, 5) is 19.4. The normalized spacial score (nSPS) is 9.38. The summed E-state index contributed by atoms with van der Waals surface area (Å²) in [5.74, 6) is 9.00. The first-order chi connectivity index (χ1) is 6.19. The highest BCUT2D eigenvalue weighted by Crippen LogP contribution is 2.20. The summed E-state index contributed by atoms with van der Waals surface area (Å²) in [7, 11) is 0. The topological polar surface area (TPSA) is 114 Å². The minimum atomic E-state index is -0.757. The number of hydrogen-bond donors (Lipinski definition) is 3. The number of anilines is 1. The van der Waals surface area contributed by atoms with Crippen molar-refractivity contribution in [2.24, 2.45) is 11.8 Å². The van der Waals surface area contributed by atoms with Gasteiger partial charge >= 0.3 is 5.97 Å². The molecule has 70 valence electrons. The second-order valence-corrected chi connectivity index (χ2v) is 2.28. The monoisotopic (exact) mass is 183 g/mol. The molecule has 1 aromatic carbocycles. The van der Waals surface area contributed by atoms with Gasteiger partial charge in [-0.15, -0.1) is 0 Å². The van der Waals surface area contributed by atoms with Crippen LogP contribution in [0.25, 0.3) is 0 Å². The lowest BCUT2D eigenvalue weighted by Crippen LogP contribution is -2.14. The van der Waals surface area contributed by atoms with E-state index < -0.39 is 5.97 Å². The van der Waals surface area contributed by atoms with Crippen LogP contribution in [0.1, 0.15) is 10.4 Å². The van der Waals surface area contributed by atoms with E-state index in [1.807, 2.05) is 0 Å². The van der Waals surface area contributed by atoms with Crippen LogP contribution in [0.4, 0.5) is 5.69 Å². The Morgan fingerprint density at radius 2 is 2.00 bits per heavy atom. The summed E-state index contributed by atoms with van der Waals surface area (Å²) in [6.07, 6.45) is 0. The zero-order valence-corrected chi connectivity index (χ0v) is 6.69. The first-order valence-electron chi connectivity index (χ1n) is 3.36. The summed E-state index contributed by atoms with van der Waals surface area (Å²) < 4.78 is 0. The Balaban J connectivity index is 3.15. The minimum Gasteiger partial charge on any atom is -0.411 e. The number of carbonyl (C=O) groups is 1. The van der Waals surface area contributed by atoms with Gasteiger partial charge in [-0.2, -0.15) is 11.8 Å². The van der Waals surface area contributed by atoms with E-state index >= 15 is 0 Å². The van der Waals surface area contributed by atoms with Crippen LogP contribution in [0.2, 0.25) is 0 Å². The fraction of sp³-hybridized carbons (Fsp3) is 0. The van der Waals surface area contributed by atoms with Crippen molar-refractivity contribution in [3.05, 3.63) is 23.8 Å². The van der Waals surface area contributed by atoms with Gasteiger partial charge in [-0.05, 0) is 18.2 Å². The molecule has 6 heteroatoms. The minimum absolute atomic E-state index is 0.0880. The molecule has 0 unspecified atom stereocenters. The van der Waals surface area contributed by atoms with Crippen LogP contribution >= 0.6 is 0 Å². The highest BCUT2D eigenvalue weighted by Gasteiger charge is 2.13. The summed E-state index contributed by atoms with van der Waals surface area (Å²) >= 11 is 0. The van der Waals surface area contributed by atoms with Crippen molar-refractivity contribution in [1.29, 1.82) is 0 Å². The van der Waals surface area contributed by atoms with E-state index in [1.165, 1.54) is 18.2 Å². The van der Waals surface area contributed by atoms with Crippen LogP contribution in [0, 0.1) is 0 Å². The van der Waals surface area contributed by atoms with Gasteiger partial charge in [0.2, 0.25) is 0 Å². The molecule has 0 atom stereocenters. The number of carbonyl (C=O) groups excluding carboxylic acids is 1. The lowest BCUT2D eigenvalue weighted by molar-refractivity contribution is 0.0498. The molecule has 0 spiro atoms. The molecule has 0 saturated heterocycles. The molecular formula is C7H9N3O3. The van der Waals surface area contributed by atoms with Gasteiger partial charge in [0.1, 0.15) is 5.56 Å².